The van der Waals surface area contributed by atoms with E-state index in [1.54, 1.807) is 30.5 Å². The number of carbonyl (C=O) groups excluding carboxylic acids is 1. The van der Waals surface area contributed by atoms with Crippen molar-refractivity contribution in [2.24, 2.45) is 7.05 Å². The molecule has 132 valence electrons. The molecule has 6 nitrogen and oxygen atoms in total. The highest BCUT2D eigenvalue weighted by Gasteiger charge is 2.16. The van der Waals surface area contributed by atoms with E-state index in [1.165, 1.54) is 5.56 Å². The predicted octanol–water partition coefficient (Wildman–Crippen LogP) is 2.69. The molecule has 0 N–H and O–H groups in total. The van der Waals surface area contributed by atoms with Gasteiger partial charge < -0.3 is 14.2 Å². The zero-order chi connectivity index (χ0) is 18.1. The zero-order valence-electron chi connectivity index (χ0n) is 14.8. The molecular formula is C20H20N4O2. The van der Waals surface area contributed by atoms with Crippen LogP contribution < -0.4 is 4.74 Å². The fraction of sp³-hybridized carbons (Fsp3) is 0.250. The van der Waals surface area contributed by atoms with Crippen molar-refractivity contribution in [3.8, 4) is 16.9 Å². The summed E-state index contributed by atoms with van der Waals surface area (Å²) in [7, 11) is 3.69. The lowest BCUT2D eigenvalue weighted by atomic mass is 10.0. The second-order valence-corrected chi connectivity index (χ2v) is 6.50. The number of fused-ring (bicyclic) bond motifs is 1. The van der Waals surface area contributed by atoms with Gasteiger partial charge in [0, 0.05) is 50.9 Å². The molecule has 0 saturated carbocycles. The Hall–Kier alpha value is -3.15. The Kier molecular flexibility index (Phi) is 4.16. The first-order chi connectivity index (χ1) is 12.6. The fourth-order valence-corrected chi connectivity index (χ4v) is 3.13. The lowest BCUT2D eigenvalue weighted by Crippen LogP contribution is -2.27. The van der Waals surface area contributed by atoms with Gasteiger partial charge in [-0.2, -0.15) is 0 Å². The molecule has 0 atom stereocenters. The maximum atomic E-state index is 12.8. The van der Waals surface area contributed by atoms with Crippen molar-refractivity contribution in [2.45, 2.75) is 13.0 Å². The van der Waals surface area contributed by atoms with E-state index < -0.39 is 0 Å². The normalized spacial score (nSPS) is 12.5. The standard InChI is InChI=1S/C20H20N4O2/c1-23-7-6-22-19(23)13-24(2)20(25)17-10-16(11-21-12-17)14-3-4-18-15(9-14)5-8-26-18/h3-4,6-7,9-12H,5,8,13H2,1-2H3. The lowest BCUT2D eigenvalue weighted by molar-refractivity contribution is 0.0780. The molecule has 1 aromatic carbocycles. The van der Waals surface area contributed by atoms with E-state index in [4.69, 9.17) is 4.74 Å². The Morgan fingerprint density at radius 1 is 1.27 bits per heavy atom. The van der Waals surface area contributed by atoms with Gasteiger partial charge in [-0.05, 0) is 29.3 Å². The number of benzene rings is 1. The van der Waals surface area contributed by atoms with Gasteiger partial charge in [0.15, 0.2) is 0 Å². The highest BCUT2D eigenvalue weighted by Crippen LogP contribution is 2.30. The van der Waals surface area contributed by atoms with Gasteiger partial charge in [0.05, 0.1) is 18.7 Å². The maximum absolute atomic E-state index is 12.8. The van der Waals surface area contributed by atoms with Crippen molar-refractivity contribution in [1.82, 2.24) is 19.4 Å². The molecule has 2 aromatic heterocycles. The molecule has 26 heavy (non-hydrogen) atoms. The minimum absolute atomic E-state index is 0.0770. The Morgan fingerprint density at radius 2 is 2.15 bits per heavy atom. The third kappa shape index (κ3) is 3.06. The Balaban J connectivity index is 1.57. The summed E-state index contributed by atoms with van der Waals surface area (Å²) in [5.74, 6) is 1.71. The highest BCUT2D eigenvalue weighted by atomic mass is 16.5. The first kappa shape index (κ1) is 16.3. The van der Waals surface area contributed by atoms with E-state index in [1.807, 2.05) is 36.0 Å². The Bertz CT molecular complexity index is 964. The quantitative estimate of drug-likeness (QED) is 0.727. The molecule has 1 aliphatic rings. The lowest BCUT2D eigenvalue weighted by Gasteiger charge is -2.17. The maximum Gasteiger partial charge on any atom is 0.255 e. The summed E-state index contributed by atoms with van der Waals surface area (Å²) in [5, 5.41) is 0. The largest absolute Gasteiger partial charge is 0.493 e. The number of rotatable bonds is 4. The minimum atomic E-state index is -0.0770. The number of hydrogen-bond donors (Lipinski definition) is 0. The highest BCUT2D eigenvalue weighted by molar-refractivity contribution is 5.94. The number of nitrogens with zero attached hydrogens (tertiary/aromatic N) is 4. The summed E-state index contributed by atoms with van der Waals surface area (Å²) in [4.78, 5) is 23.0. The molecule has 3 heterocycles. The number of carbonyl (C=O) groups is 1. The second-order valence-electron chi connectivity index (χ2n) is 6.50. The van der Waals surface area contributed by atoms with E-state index in [-0.39, 0.29) is 5.91 Å². The third-order valence-corrected chi connectivity index (χ3v) is 4.65. The number of hydrogen-bond acceptors (Lipinski definition) is 4. The van der Waals surface area contributed by atoms with Crippen LogP contribution in [0, 0.1) is 0 Å². The van der Waals surface area contributed by atoms with Gasteiger partial charge in [-0.1, -0.05) is 6.07 Å². The first-order valence-corrected chi connectivity index (χ1v) is 8.54. The van der Waals surface area contributed by atoms with Gasteiger partial charge in [0.2, 0.25) is 0 Å². The van der Waals surface area contributed by atoms with Gasteiger partial charge in [-0.15, -0.1) is 0 Å². The van der Waals surface area contributed by atoms with E-state index in [9.17, 15) is 4.79 Å². The zero-order valence-corrected chi connectivity index (χ0v) is 14.8. The average Bonchev–Trinajstić information content (AvgIpc) is 3.29. The Labute approximate surface area is 152 Å². The number of imidazole rings is 1. The van der Waals surface area contributed by atoms with Crippen LogP contribution in [0.1, 0.15) is 21.7 Å². The summed E-state index contributed by atoms with van der Waals surface area (Å²) < 4.78 is 7.47. The number of aromatic nitrogens is 3. The van der Waals surface area contributed by atoms with E-state index in [0.29, 0.717) is 12.1 Å². The van der Waals surface area contributed by atoms with Crippen LogP contribution in [0.15, 0.2) is 49.1 Å². The predicted molar refractivity (Wildman–Crippen MR) is 97.9 cm³/mol. The van der Waals surface area contributed by atoms with Crippen molar-refractivity contribution in [3.63, 3.8) is 0 Å². The molecule has 4 rings (SSSR count). The Morgan fingerprint density at radius 3 is 2.96 bits per heavy atom. The number of amides is 1. The summed E-state index contributed by atoms with van der Waals surface area (Å²) in [5.41, 5.74) is 3.74. The van der Waals surface area contributed by atoms with Crippen LogP contribution in [-0.2, 0) is 20.0 Å². The van der Waals surface area contributed by atoms with Gasteiger partial charge >= 0.3 is 0 Å². The summed E-state index contributed by atoms with van der Waals surface area (Å²) in [6.07, 6.45) is 7.91. The molecule has 0 saturated heterocycles. The average molecular weight is 348 g/mol. The van der Waals surface area contributed by atoms with Gasteiger partial charge in [-0.25, -0.2) is 4.98 Å². The molecule has 1 amide bonds. The number of aryl methyl sites for hydroxylation is 1. The molecule has 6 heteroatoms. The van der Waals surface area contributed by atoms with E-state index in [0.717, 1.165) is 35.7 Å². The van der Waals surface area contributed by atoms with Crippen LogP contribution in [-0.4, -0.2) is 39.0 Å². The molecule has 0 fully saturated rings. The van der Waals surface area contributed by atoms with Crippen molar-refractivity contribution in [1.29, 1.82) is 0 Å². The van der Waals surface area contributed by atoms with Crippen LogP contribution in [0.25, 0.3) is 11.1 Å². The molecule has 1 aliphatic heterocycles. The fourth-order valence-electron chi connectivity index (χ4n) is 3.13. The first-order valence-electron chi connectivity index (χ1n) is 8.54. The molecule has 0 radical (unpaired) electrons. The topological polar surface area (TPSA) is 60.2 Å². The van der Waals surface area contributed by atoms with Crippen molar-refractivity contribution >= 4 is 5.91 Å². The van der Waals surface area contributed by atoms with Gasteiger partial charge in [-0.3, -0.25) is 9.78 Å². The van der Waals surface area contributed by atoms with Crippen molar-refractivity contribution in [2.75, 3.05) is 13.7 Å². The molecule has 0 unspecified atom stereocenters. The van der Waals surface area contributed by atoms with Crippen LogP contribution in [0.4, 0.5) is 0 Å². The van der Waals surface area contributed by atoms with E-state index in [2.05, 4.69) is 16.0 Å². The van der Waals surface area contributed by atoms with Crippen LogP contribution in [0.3, 0.4) is 0 Å². The van der Waals surface area contributed by atoms with Crippen LogP contribution >= 0.6 is 0 Å². The third-order valence-electron chi connectivity index (χ3n) is 4.65. The summed E-state index contributed by atoms with van der Waals surface area (Å²) in [6.45, 7) is 1.18. The van der Waals surface area contributed by atoms with Crippen molar-refractivity contribution < 1.29 is 9.53 Å². The van der Waals surface area contributed by atoms with Crippen molar-refractivity contribution in [3.05, 3.63) is 66.0 Å². The summed E-state index contributed by atoms with van der Waals surface area (Å²) in [6, 6.07) is 8.00. The smallest absolute Gasteiger partial charge is 0.255 e. The monoisotopic (exact) mass is 348 g/mol. The van der Waals surface area contributed by atoms with Gasteiger partial charge in [0.1, 0.15) is 11.6 Å². The van der Waals surface area contributed by atoms with E-state index >= 15 is 0 Å². The molecular weight excluding hydrogens is 328 g/mol. The molecule has 3 aromatic rings. The number of pyridine rings is 1. The number of ether oxygens (including phenoxy) is 1. The SMILES string of the molecule is CN(Cc1nccn1C)C(=O)c1cncc(-c2ccc3c(c2)CCO3)c1. The van der Waals surface area contributed by atoms with Crippen LogP contribution in [0.5, 0.6) is 5.75 Å². The van der Waals surface area contributed by atoms with Gasteiger partial charge in [0.25, 0.3) is 5.91 Å². The minimum Gasteiger partial charge on any atom is -0.493 e. The second kappa shape index (κ2) is 6.63. The molecule has 0 aliphatic carbocycles. The molecule has 0 spiro atoms. The van der Waals surface area contributed by atoms with Crippen LogP contribution in [0.2, 0.25) is 0 Å². The summed E-state index contributed by atoms with van der Waals surface area (Å²) >= 11 is 0. The molecule has 0 bridgehead atoms.